The smallest absolute Gasteiger partial charge is 0.186 e. The van der Waals surface area contributed by atoms with Crippen LogP contribution in [0, 0.1) is 28.1 Å². The SMILES string of the molecule is COc1cc(C2/C(=C/c3ccccc3)C(=O)/C(=C/c3ccccc3)C(c3ccc(O)c(OC)c3)C2(C#N)C#N)ccc1O. The van der Waals surface area contributed by atoms with Crippen molar-refractivity contribution in [2.24, 2.45) is 5.41 Å². The number of carbonyl (C=O) groups excluding carboxylic acids is 1. The highest BCUT2D eigenvalue weighted by Gasteiger charge is 2.57. The zero-order valence-corrected chi connectivity index (χ0v) is 23.6. The van der Waals surface area contributed by atoms with Crippen LogP contribution < -0.4 is 9.47 Å². The first-order chi connectivity index (χ1) is 20.9. The number of nitrogens with zero attached hydrogens (tertiary/aromatic N) is 2. The summed E-state index contributed by atoms with van der Waals surface area (Å²) in [6.45, 7) is 0. The van der Waals surface area contributed by atoms with E-state index in [1.54, 1.807) is 36.4 Å². The van der Waals surface area contributed by atoms with E-state index in [2.05, 4.69) is 12.1 Å². The lowest BCUT2D eigenvalue weighted by molar-refractivity contribution is -0.113. The lowest BCUT2D eigenvalue weighted by Gasteiger charge is -2.43. The molecule has 0 amide bonds. The van der Waals surface area contributed by atoms with Crippen LogP contribution in [0.15, 0.2) is 108 Å². The molecule has 0 bridgehead atoms. The molecule has 4 aromatic rings. The van der Waals surface area contributed by atoms with Crippen LogP contribution in [0.1, 0.15) is 34.1 Å². The Labute approximate surface area is 249 Å². The minimum Gasteiger partial charge on any atom is -0.504 e. The van der Waals surface area contributed by atoms with Crippen LogP contribution in [0.5, 0.6) is 23.0 Å². The van der Waals surface area contributed by atoms with Crippen molar-refractivity contribution in [3.63, 3.8) is 0 Å². The maximum Gasteiger partial charge on any atom is 0.186 e. The molecule has 1 aliphatic rings. The van der Waals surface area contributed by atoms with Crippen LogP contribution in [0.25, 0.3) is 12.2 Å². The Morgan fingerprint density at radius 3 is 1.42 bits per heavy atom. The number of ketones is 1. The first-order valence-corrected chi connectivity index (χ1v) is 13.5. The number of methoxy groups -OCH3 is 2. The van der Waals surface area contributed by atoms with Gasteiger partial charge in [0.1, 0.15) is 0 Å². The van der Waals surface area contributed by atoms with E-state index in [1.807, 2.05) is 60.7 Å². The monoisotopic (exact) mass is 568 g/mol. The lowest BCUT2D eigenvalue weighted by Crippen LogP contribution is -2.43. The normalized spacial score (nSPS) is 19.4. The summed E-state index contributed by atoms with van der Waals surface area (Å²) in [4.78, 5) is 14.7. The van der Waals surface area contributed by atoms with Gasteiger partial charge in [-0.2, -0.15) is 10.5 Å². The van der Waals surface area contributed by atoms with Gasteiger partial charge in [0, 0.05) is 23.0 Å². The molecular formula is C36H28N2O5. The molecule has 2 unspecified atom stereocenters. The largest absolute Gasteiger partial charge is 0.504 e. The topological polar surface area (TPSA) is 124 Å². The predicted molar refractivity (Wildman–Crippen MR) is 162 cm³/mol. The average molecular weight is 569 g/mol. The third kappa shape index (κ3) is 5.21. The molecule has 2 N–H and O–H groups in total. The molecule has 7 heteroatoms. The second-order valence-corrected chi connectivity index (χ2v) is 10.2. The molecule has 0 spiro atoms. The van der Waals surface area contributed by atoms with Crippen LogP contribution >= 0.6 is 0 Å². The highest BCUT2D eigenvalue weighted by molar-refractivity contribution is 6.17. The Balaban J connectivity index is 1.90. The number of carbonyl (C=O) groups is 1. The van der Waals surface area contributed by atoms with Gasteiger partial charge in [0.15, 0.2) is 34.2 Å². The number of benzene rings is 4. The average Bonchev–Trinajstić information content (AvgIpc) is 3.04. The van der Waals surface area contributed by atoms with Crippen molar-refractivity contribution >= 4 is 17.9 Å². The van der Waals surface area contributed by atoms with Gasteiger partial charge in [-0.15, -0.1) is 0 Å². The predicted octanol–water partition coefficient (Wildman–Crippen LogP) is 6.77. The Hall–Kier alpha value is -5.79. The van der Waals surface area contributed by atoms with Gasteiger partial charge >= 0.3 is 0 Å². The number of ether oxygens (including phenoxy) is 2. The van der Waals surface area contributed by atoms with Gasteiger partial charge in [-0.05, 0) is 58.7 Å². The maximum atomic E-state index is 14.7. The van der Waals surface area contributed by atoms with Crippen molar-refractivity contribution in [3.05, 3.63) is 130 Å². The van der Waals surface area contributed by atoms with Gasteiger partial charge < -0.3 is 19.7 Å². The summed E-state index contributed by atoms with van der Waals surface area (Å²) in [6.07, 6.45) is 3.42. The molecule has 0 heterocycles. The first-order valence-electron chi connectivity index (χ1n) is 13.5. The second kappa shape index (κ2) is 12.0. The summed E-state index contributed by atoms with van der Waals surface area (Å²) in [5.74, 6) is -2.41. The fourth-order valence-corrected chi connectivity index (χ4v) is 5.76. The number of hydrogen-bond acceptors (Lipinski definition) is 7. The van der Waals surface area contributed by atoms with E-state index >= 15 is 0 Å². The Kier molecular flexibility index (Phi) is 8.00. The molecule has 0 aliphatic heterocycles. The lowest BCUT2D eigenvalue weighted by atomic mass is 9.53. The van der Waals surface area contributed by atoms with E-state index in [0.717, 1.165) is 11.1 Å². The van der Waals surface area contributed by atoms with Crippen molar-refractivity contribution in [1.29, 1.82) is 10.5 Å². The minimum atomic E-state index is -1.86. The molecule has 5 rings (SSSR count). The van der Waals surface area contributed by atoms with Crippen molar-refractivity contribution in [1.82, 2.24) is 0 Å². The second-order valence-electron chi connectivity index (χ2n) is 10.2. The first kappa shape index (κ1) is 28.7. The number of nitriles is 2. The molecule has 43 heavy (non-hydrogen) atoms. The van der Waals surface area contributed by atoms with Crippen LogP contribution in [0.3, 0.4) is 0 Å². The van der Waals surface area contributed by atoms with Crippen LogP contribution in [0.4, 0.5) is 0 Å². The van der Waals surface area contributed by atoms with E-state index in [4.69, 9.17) is 9.47 Å². The number of phenols is 2. The summed E-state index contributed by atoms with van der Waals surface area (Å²) in [7, 11) is 2.80. The number of aromatic hydroxyl groups is 2. The van der Waals surface area contributed by atoms with Crippen molar-refractivity contribution in [2.75, 3.05) is 14.2 Å². The number of allylic oxidation sites excluding steroid dienone is 2. The summed E-state index contributed by atoms with van der Waals surface area (Å²) >= 11 is 0. The quantitative estimate of drug-likeness (QED) is 0.246. The summed E-state index contributed by atoms with van der Waals surface area (Å²) in [5, 5.41) is 42.8. The zero-order chi connectivity index (χ0) is 30.6. The third-order valence-corrected chi connectivity index (χ3v) is 7.74. The molecule has 212 valence electrons. The minimum absolute atomic E-state index is 0.119. The highest BCUT2D eigenvalue weighted by Crippen LogP contribution is 2.59. The number of rotatable bonds is 6. The molecule has 0 aromatic heterocycles. The Bertz CT molecular complexity index is 1680. The van der Waals surface area contributed by atoms with Crippen molar-refractivity contribution in [3.8, 4) is 35.1 Å². The molecule has 1 aliphatic carbocycles. The highest BCUT2D eigenvalue weighted by atomic mass is 16.5. The van der Waals surface area contributed by atoms with Crippen LogP contribution in [0.2, 0.25) is 0 Å². The molecule has 0 radical (unpaired) electrons. The fraction of sp³-hybridized carbons (Fsp3) is 0.139. The van der Waals surface area contributed by atoms with Gasteiger partial charge in [-0.1, -0.05) is 72.8 Å². The molecule has 1 fully saturated rings. The molecule has 2 atom stereocenters. The van der Waals surface area contributed by atoms with Gasteiger partial charge in [0.25, 0.3) is 0 Å². The molecular weight excluding hydrogens is 540 g/mol. The van der Waals surface area contributed by atoms with E-state index in [1.165, 1.54) is 26.4 Å². The zero-order valence-electron chi connectivity index (χ0n) is 23.6. The standard InChI is InChI=1S/C36H28N2O5/c1-42-31-19-25(13-15-29(31)39)33-27(17-23-9-5-3-6-10-23)35(41)28(18-24-11-7-4-8-12-24)34(36(33,21-37)22-38)26-14-16-30(40)32(20-26)43-2/h3-20,33-34,39-40H,1-2H3/b27-17-,28-18+. The van der Waals surface area contributed by atoms with E-state index in [-0.39, 0.29) is 39.9 Å². The summed E-state index contributed by atoms with van der Waals surface area (Å²) in [5.41, 5.74) is 0.951. The number of phenolic OH excluding ortho intramolecular Hbond substituents is 2. The number of hydrogen-bond donors (Lipinski definition) is 2. The summed E-state index contributed by atoms with van der Waals surface area (Å²) < 4.78 is 10.7. The molecule has 7 nitrogen and oxygen atoms in total. The van der Waals surface area contributed by atoms with Gasteiger partial charge in [0.2, 0.25) is 0 Å². The maximum absolute atomic E-state index is 14.7. The Morgan fingerprint density at radius 1 is 0.674 bits per heavy atom. The van der Waals surface area contributed by atoms with Gasteiger partial charge in [-0.3, -0.25) is 4.79 Å². The molecule has 1 saturated carbocycles. The molecule has 4 aromatic carbocycles. The number of Topliss-reactive ketones (excluding diaryl/α,β-unsaturated/α-hetero) is 1. The molecule has 0 saturated heterocycles. The van der Waals surface area contributed by atoms with Crippen molar-refractivity contribution in [2.45, 2.75) is 11.8 Å². The van der Waals surface area contributed by atoms with Gasteiger partial charge in [-0.25, -0.2) is 0 Å². The van der Waals surface area contributed by atoms with E-state index in [9.17, 15) is 25.5 Å². The van der Waals surface area contributed by atoms with Gasteiger partial charge in [0.05, 0.1) is 26.4 Å². The van der Waals surface area contributed by atoms with Crippen LogP contribution in [-0.2, 0) is 4.79 Å². The van der Waals surface area contributed by atoms with Crippen LogP contribution in [-0.4, -0.2) is 30.2 Å². The van der Waals surface area contributed by atoms with E-state index < -0.39 is 17.3 Å². The third-order valence-electron chi connectivity index (χ3n) is 7.74. The Morgan fingerprint density at radius 2 is 1.07 bits per heavy atom. The van der Waals surface area contributed by atoms with Crippen molar-refractivity contribution < 1.29 is 24.5 Å². The summed E-state index contributed by atoms with van der Waals surface area (Å²) in [6, 6.07) is 32.2. The van der Waals surface area contributed by atoms with E-state index in [0.29, 0.717) is 11.1 Å². The fourth-order valence-electron chi connectivity index (χ4n) is 5.76.